The number of para-hydroxylation sites is 1. The van der Waals surface area contributed by atoms with E-state index in [0.717, 1.165) is 37.0 Å². The van der Waals surface area contributed by atoms with E-state index in [1.165, 1.54) is 18.4 Å². The number of rotatable bonds is 7. The van der Waals surface area contributed by atoms with Crippen LogP contribution in [0, 0.1) is 0 Å². The highest BCUT2D eigenvalue weighted by Crippen LogP contribution is 2.50. The van der Waals surface area contributed by atoms with E-state index < -0.39 is 0 Å². The van der Waals surface area contributed by atoms with Gasteiger partial charge in [-0.1, -0.05) is 18.2 Å². The summed E-state index contributed by atoms with van der Waals surface area (Å²) < 4.78 is 10.9. The second-order valence-electron chi connectivity index (χ2n) is 6.16. The highest BCUT2D eigenvalue weighted by Gasteiger charge is 2.45. The third kappa shape index (κ3) is 4.90. The van der Waals surface area contributed by atoms with E-state index in [2.05, 4.69) is 27.8 Å². The molecule has 0 unspecified atom stereocenters. The number of hydrogen-bond donors (Lipinski definition) is 2. The van der Waals surface area contributed by atoms with Gasteiger partial charge in [0.15, 0.2) is 5.96 Å². The first-order chi connectivity index (χ1) is 11.8. The zero-order chi connectivity index (χ0) is 16.8. The quantitative estimate of drug-likeness (QED) is 0.382. The van der Waals surface area contributed by atoms with Crippen LogP contribution in [0.1, 0.15) is 24.2 Å². The van der Waals surface area contributed by atoms with Gasteiger partial charge in [0, 0.05) is 37.5 Å². The van der Waals surface area contributed by atoms with Gasteiger partial charge in [-0.2, -0.15) is 0 Å². The lowest BCUT2D eigenvalue weighted by atomic mass is 9.95. The molecule has 2 N–H and O–H groups in total. The van der Waals surface area contributed by atoms with Crippen molar-refractivity contribution < 1.29 is 9.15 Å². The molecule has 0 aliphatic heterocycles. The van der Waals surface area contributed by atoms with E-state index in [9.17, 15) is 0 Å². The number of benzene rings is 1. The Kier molecular flexibility index (Phi) is 7.16. The molecule has 0 amide bonds. The van der Waals surface area contributed by atoms with Crippen LogP contribution in [0.3, 0.4) is 0 Å². The van der Waals surface area contributed by atoms with Gasteiger partial charge in [-0.3, -0.25) is 4.99 Å². The molecule has 2 aromatic rings. The Morgan fingerprint density at radius 2 is 2.00 bits per heavy atom. The standard InChI is InChI=1S/C19H25N3O2.HI/c1-20-18(21-12-9-15-6-5-13-24-15)22-14-19(10-11-19)16-7-3-4-8-17(16)23-2;/h3-8,13H,9-12,14H2,1-2H3,(H2,20,21,22);1H. The van der Waals surface area contributed by atoms with Gasteiger partial charge in [0.2, 0.25) is 0 Å². The summed E-state index contributed by atoms with van der Waals surface area (Å²) in [4.78, 5) is 4.31. The molecule has 0 saturated heterocycles. The predicted octanol–water partition coefficient (Wildman–Crippen LogP) is 3.35. The Bertz CT molecular complexity index is 682. The van der Waals surface area contributed by atoms with Gasteiger partial charge in [0.05, 0.1) is 13.4 Å². The Hall–Kier alpha value is -1.70. The average Bonchev–Trinajstić information content (AvgIpc) is 3.24. The van der Waals surface area contributed by atoms with Crippen molar-refractivity contribution in [2.75, 3.05) is 27.2 Å². The monoisotopic (exact) mass is 455 g/mol. The third-order valence-electron chi connectivity index (χ3n) is 4.59. The van der Waals surface area contributed by atoms with Crippen LogP contribution in [0.4, 0.5) is 0 Å². The van der Waals surface area contributed by atoms with E-state index in [1.54, 1.807) is 20.4 Å². The van der Waals surface area contributed by atoms with Crippen LogP contribution in [0.5, 0.6) is 5.75 Å². The van der Waals surface area contributed by atoms with Crippen LogP contribution in [0.25, 0.3) is 0 Å². The number of nitrogens with zero attached hydrogens (tertiary/aromatic N) is 1. The van der Waals surface area contributed by atoms with Crippen molar-refractivity contribution in [3.8, 4) is 5.75 Å². The molecule has 1 aliphatic rings. The molecule has 136 valence electrons. The van der Waals surface area contributed by atoms with Crippen molar-refractivity contribution >= 4 is 29.9 Å². The minimum Gasteiger partial charge on any atom is -0.496 e. The average molecular weight is 455 g/mol. The second kappa shape index (κ2) is 9.12. The second-order valence-corrected chi connectivity index (χ2v) is 6.16. The first kappa shape index (κ1) is 19.6. The van der Waals surface area contributed by atoms with Crippen molar-refractivity contribution in [2.24, 2.45) is 4.99 Å². The molecule has 0 radical (unpaired) electrons. The Balaban J connectivity index is 0.00000225. The SMILES string of the molecule is CN=C(NCCc1ccco1)NCC1(c2ccccc2OC)CC1.I. The lowest BCUT2D eigenvalue weighted by Crippen LogP contribution is -2.42. The number of furan rings is 1. The fourth-order valence-electron chi connectivity index (χ4n) is 3.01. The maximum Gasteiger partial charge on any atom is 0.191 e. The number of hydrogen-bond acceptors (Lipinski definition) is 3. The minimum atomic E-state index is 0. The van der Waals surface area contributed by atoms with Gasteiger partial charge in [-0.05, 0) is 31.0 Å². The maximum absolute atomic E-state index is 5.53. The topological polar surface area (TPSA) is 58.8 Å². The fraction of sp³-hybridized carbons (Fsp3) is 0.421. The summed E-state index contributed by atoms with van der Waals surface area (Å²) in [7, 11) is 3.53. The van der Waals surface area contributed by atoms with Crippen LogP contribution in [-0.4, -0.2) is 33.2 Å². The molecular weight excluding hydrogens is 429 g/mol. The molecule has 1 fully saturated rings. The predicted molar refractivity (Wildman–Crippen MR) is 111 cm³/mol. The highest BCUT2D eigenvalue weighted by atomic mass is 127. The van der Waals surface area contributed by atoms with Crippen molar-refractivity contribution in [1.82, 2.24) is 10.6 Å². The summed E-state index contributed by atoms with van der Waals surface area (Å²) >= 11 is 0. The molecule has 1 aliphatic carbocycles. The van der Waals surface area contributed by atoms with Crippen LogP contribution in [-0.2, 0) is 11.8 Å². The number of guanidine groups is 1. The van der Waals surface area contributed by atoms with Crippen molar-refractivity contribution in [2.45, 2.75) is 24.7 Å². The molecule has 0 bridgehead atoms. The smallest absolute Gasteiger partial charge is 0.191 e. The van der Waals surface area contributed by atoms with E-state index >= 15 is 0 Å². The summed E-state index contributed by atoms with van der Waals surface area (Å²) in [5, 5.41) is 6.79. The first-order valence-electron chi connectivity index (χ1n) is 8.38. The highest BCUT2D eigenvalue weighted by molar-refractivity contribution is 14.0. The van der Waals surface area contributed by atoms with Crippen LogP contribution >= 0.6 is 24.0 Å². The van der Waals surface area contributed by atoms with Crippen molar-refractivity contribution in [3.05, 3.63) is 54.0 Å². The number of methoxy groups -OCH3 is 1. The van der Waals surface area contributed by atoms with Gasteiger partial charge in [0.25, 0.3) is 0 Å². The molecule has 5 nitrogen and oxygen atoms in total. The van der Waals surface area contributed by atoms with Gasteiger partial charge in [-0.25, -0.2) is 0 Å². The van der Waals surface area contributed by atoms with Gasteiger partial charge >= 0.3 is 0 Å². The fourth-order valence-corrected chi connectivity index (χ4v) is 3.01. The van der Waals surface area contributed by atoms with Crippen molar-refractivity contribution in [3.63, 3.8) is 0 Å². The van der Waals surface area contributed by atoms with Crippen LogP contribution in [0.15, 0.2) is 52.1 Å². The summed E-state index contributed by atoms with van der Waals surface area (Å²) in [6.45, 7) is 1.64. The van der Waals surface area contributed by atoms with Crippen molar-refractivity contribution in [1.29, 1.82) is 0 Å². The van der Waals surface area contributed by atoms with Crippen LogP contribution < -0.4 is 15.4 Å². The molecule has 6 heteroatoms. The summed E-state index contributed by atoms with van der Waals surface area (Å²) in [5.41, 5.74) is 1.44. The maximum atomic E-state index is 5.53. The molecule has 0 atom stereocenters. The Morgan fingerprint density at radius 1 is 1.20 bits per heavy atom. The third-order valence-corrected chi connectivity index (χ3v) is 4.59. The lowest BCUT2D eigenvalue weighted by molar-refractivity contribution is 0.403. The summed E-state index contributed by atoms with van der Waals surface area (Å²) in [6.07, 6.45) is 4.88. The molecule has 1 aromatic carbocycles. The number of aliphatic imine (C=N–C) groups is 1. The summed E-state index contributed by atoms with van der Waals surface area (Å²) in [5.74, 6) is 2.77. The van der Waals surface area contributed by atoms with Gasteiger partial charge in [-0.15, -0.1) is 24.0 Å². The minimum absolute atomic E-state index is 0. The zero-order valence-corrected chi connectivity index (χ0v) is 17.1. The number of nitrogens with one attached hydrogen (secondary N) is 2. The van der Waals surface area contributed by atoms with Gasteiger partial charge in [0.1, 0.15) is 11.5 Å². The molecule has 3 rings (SSSR count). The van der Waals surface area contributed by atoms with Gasteiger partial charge < -0.3 is 19.8 Å². The number of halogens is 1. The summed E-state index contributed by atoms with van der Waals surface area (Å²) in [6, 6.07) is 12.2. The normalized spacial score (nSPS) is 15.2. The lowest BCUT2D eigenvalue weighted by Gasteiger charge is -2.21. The molecular formula is C19H26IN3O2. The molecule has 0 spiro atoms. The molecule has 1 saturated carbocycles. The molecule has 1 aromatic heterocycles. The van der Waals surface area contributed by atoms with E-state index in [0.29, 0.717) is 0 Å². The van der Waals surface area contributed by atoms with Crippen LogP contribution in [0.2, 0.25) is 0 Å². The Labute approximate surface area is 166 Å². The Morgan fingerprint density at radius 3 is 2.64 bits per heavy atom. The number of ether oxygens (including phenoxy) is 1. The zero-order valence-electron chi connectivity index (χ0n) is 14.7. The molecule has 25 heavy (non-hydrogen) atoms. The molecule has 1 heterocycles. The van der Waals surface area contributed by atoms with E-state index in [-0.39, 0.29) is 29.4 Å². The van der Waals surface area contributed by atoms with E-state index in [1.807, 2.05) is 24.3 Å². The first-order valence-corrected chi connectivity index (χ1v) is 8.38. The largest absolute Gasteiger partial charge is 0.496 e. The van der Waals surface area contributed by atoms with E-state index in [4.69, 9.17) is 9.15 Å².